The molecule has 0 aromatic heterocycles. The van der Waals surface area contributed by atoms with Crippen LogP contribution < -0.4 is 16.4 Å². The summed E-state index contributed by atoms with van der Waals surface area (Å²) in [5, 5.41) is 7.11. The van der Waals surface area contributed by atoms with E-state index in [1.165, 1.54) is 0 Å². The number of nitrogens with one attached hydrogen (secondary N) is 2. The van der Waals surface area contributed by atoms with Crippen LogP contribution in [0.15, 0.2) is 18.2 Å². The van der Waals surface area contributed by atoms with Gasteiger partial charge in [-0.3, -0.25) is 9.59 Å². The molecule has 1 aliphatic rings. The monoisotopic (exact) mass is 456 g/mol. The third-order valence-corrected chi connectivity index (χ3v) is 6.60. The number of carbonyl (C=O) groups is 2. The van der Waals surface area contributed by atoms with Gasteiger partial charge < -0.3 is 21.3 Å². The molecule has 30 heavy (non-hydrogen) atoms. The smallest absolute Gasteiger partial charge is 0.251 e. The van der Waals surface area contributed by atoms with E-state index in [9.17, 15) is 9.59 Å². The van der Waals surface area contributed by atoms with Crippen LogP contribution in [0.2, 0.25) is 10.0 Å². The maximum atomic E-state index is 13.1. The van der Waals surface area contributed by atoms with Gasteiger partial charge in [-0.15, -0.1) is 0 Å². The molecule has 168 valence electrons. The summed E-state index contributed by atoms with van der Waals surface area (Å²) in [6.07, 6.45) is 2.38. The van der Waals surface area contributed by atoms with Crippen molar-refractivity contribution in [1.29, 1.82) is 0 Å². The minimum Gasteiger partial charge on any atom is -0.350 e. The third kappa shape index (κ3) is 6.84. The Hall–Kier alpha value is -1.34. The molecule has 3 atom stereocenters. The molecule has 0 saturated carbocycles. The fourth-order valence-electron chi connectivity index (χ4n) is 3.85. The molecule has 0 spiro atoms. The molecule has 1 heterocycles. The average molecular weight is 457 g/mol. The van der Waals surface area contributed by atoms with Crippen LogP contribution in [0.3, 0.4) is 0 Å². The highest BCUT2D eigenvalue weighted by Crippen LogP contribution is 2.23. The molecule has 2 amide bonds. The van der Waals surface area contributed by atoms with Crippen molar-refractivity contribution >= 4 is 35.0 Å². The number of carbonyl (C=O) groups excluding carboxylic acids is 2. The first-order chi connectivity index (χ1) is 14.3. The summed E-state index contributed by atoms with van der Waals surface area (Å²) in [7, 11) is 0. The minimum atomic E-state index is -0.325. The van der Waals surface area contributed by atoms with Crippen LogP contribution >= 0.6 is 23.2 Å². The Balaban J connectivity index is 2.02. The Morgan fingerprint density at radius 3 is 2.67 bits per heavy atom. The molecule has 1 saturated heterocycles. The van der Waals surface area contributed by atoms with Crippen molar-refractivity contribution in [3.63, 3.8) is 0 Å². The fourth-order valence-corrected chi connectivity index (χ4v) is 4.14. The van der Waals surface area contributed by atoms with Crippen molar-refractivity contribution in [1.82, 2.24) is 15.5 Å². The zero-order valence-electron chi connectivity index (χ0n) is 18.1. The lowest BCUT2D eigenvalue weighted by atomic mass is 9.92. The van der Waals surface area contributed by atoms with Gasteiger partial charge in [0.2, 0.25) is 5.91 Å². The molecule has 1 aromatic carbocycles. The summed E-state index contributed by atoms with van der Waals surface area (Å²) in [5.74, 6) is 0.883. The molecule has 1 fully saturated rings. The number of rotatable bonds is 9. The van der Waals surface area contributed by atoms with Crippen LogP contribution in [0.1, 0.15) is 50.4 Å². The number of nitrogens with two attached hydrogens (primary N) is 1. The van der Waals surface area contributed by atoms with Crippen LogP contribution in [0, 0.1) is 11.8 Å². The molecule has 0 aliphatic carbocycles. The molecule has 0 radical (unpaired) electrons. The number of hydrogen-bond donors (Lipinski definition) is 3. The zero-order valence-corrected chi connectivity index (χ0v) is 19.6. The van der Waals surface area contributed by atoms with E-state index >= 15 is 0 Å². The lowest BCUT2D eigenvalue weighted by molar-refractivity contribution is -0.133. The third-order valence-electron chi connectivity index (χ3n) is 5.86. The maximum Gasteiger partial charge on any atom is 0.251 e. The lowest BCUT2D eigenvalue weighted by Gasteiger charge is -2.30. The van der Waals surface area contributed by atoms with Crippen molar-refractivity contribution in [3.8, 4) is 0 Å². The van der Waals surface area contributed by atoms with E-state index < -0.39 is 0 Å². The summed E-state index contributed by atoms with van der Waals surface area (Å²) < 4.78 is 0. The van der Waals surface area contributed by atoms with Crippen molar-refractivity contribution in [2.45, 2.75) is 52.1 Å². The van der Waals surface area contributed by atoms with Crippen molar-refractivity contribution in [2.75, 3.05) is 26.2 Å². The van der Waals surface area contributed by atoms with Gasteiger partial charge in [0, 0.05) is 31.2 Å². The zero-order chi connectivity index (χ0) is 22.3. The van der Waals surface area contributed by atoms with E-state index in [4.69, 9.17) is 28.9 Å². The Bertz CT molecular complexity index is 729. The number of benzene rings is 1. The number of nitrogens with zero attached hydrogens (tertiary/aromatic N) is 1. The molecule has 1 aliphatic heterocycles. The van der Waals surface area contributed by atoms with Crippen LogP contribution in [-0.4, -0.2) is 55.0 Å². The molecule has 0 unspecified atom stereocenters. The highest BCUT2D eigenvalue weighted by atomic mass is 35.5. The summed E-state index contributed by atoms with van der Waals surface area (Å²) >= 11 is 11.9. The predicted octanol–water partition coefficient (Wildman–Crippen LogP) is 3.31. The molecular weight excluding hydrogens is 423 g/mol. The van der Waals surface area contributed by atoms with Gasteiger partial charge in [-0.1, -0.05) is 50.4 Å². The second-order valence-corrected chi connectivity index (χ2v) is 9.13. The van der Waals surface area contributed by atoms with Crippen molar-refractivity contribution in [2.24, 2.45) is 17.6 Å². The number of halogens is 2. The predicted molar refractivity (Wildman–Crippen MR) is 123 cm³/mol. The highest BCUT2D eigenvalue weighted by Gasteiger charge is 2.31. The Morgan fingerprint density at radius 1 is 1.33 bits per heavy atom. The van der Waals surface area contributed by atoms with Crippen LogP contribution in [-0.2, 0) is 4.79 Å². The fraction of sp³-hybridized carbons (Fsp3) is 0.636. The van der Waals surface area contributed by atoms with Gasteiger partial charge in [0.05, 0.1) is 16.1 Å². The van der Waals surface area contributed by atoms with E-state index in [0.717, 1.165) is 19.4 Å². The summed E-state index contributed by atoms with van der Waals surface area (Å²) in [4.78, 5) is 27.5. The molecule has 2 rings (SSSR count). The second kappa shape index (κ2) is 11.9. The van der Waals surface area contributed by atoms with E-state index in [2.05, 4.69) is 31.4 Å². The van der Waals surface area contributed by atoms with Crippen molar-refractivity contribution < 1.29 is 9.59 Å². The summed E-state index contributed by atoms with van der Waals surface area (Å²) in [5.41, 5.74) is 6.22. The molecular formula is C22H34Cl2N4O2. The SMILES string of the molecule is CC[C@@H](CN1CC[C@@H](CNC(=O)c2ccc(Cl)c(Cl)c2)N[C@@H](CCN)C1=O)C(C)C. The van der Waals surface area contributed by atoms with Gasteiger partial charge in [-0.25, -0.2) is 0 Å². The van der Waals surface area contributed by atoms with Gasteiger partial charge in [-0.05, 0) is 49.4 Å². The largest absolute Gasteiger partial charge is 0.350 e. The van der Waals surface area contributed by atoms with E-state index in [1.54, 1.807) is 18.2 Å². The molecule has 6 nitrogen and oxygen atoms in total. The maximum absolute atomic E-state index is 13.1. The van der Waals surface area contributed by atoms with Crippen LogP contribution in [0.25, 0.3) is 0 Å². The summed E-state index contributed by atoms with van der Waals surface area (Å²) in [6, 6.07) is 4.47. The van der Waals surface area contributed by atoms with E-state index in [0.29, 0.717) is 53.5 Å². The number of hydrogen-bond acceptors (Lipinski definition) is 4. The Kier molecular flexibility index (Phi) is 9.88. The minimum absolute atomic E-state index is 0.0126. The first-order valence-electron chi connectivity index (χ1n) is 10.7. The van der Waals surface area contributed by atoms with Gasteiger partial charge in [0.15, 0.2) is 0 Å². The first-order valence-corrected chi connectivity index (χ1v) is 11.5. The van der Waals surface area contributed by atoms with Crippen molar-refractivity contribution in [3.05, 3.63) is 33.8 Å². The number of amides is 2. The van der Waals surface area contributed by atoms with Gasteiger partial charge in [0.1, 0.15) is 0 Å². The summed E-state index contributed by atoms with van der Waals surface area (Å²) in [6.45, 7) is 8.86. The Morgan fingerprint density at radius 2 is 2.07 bits per heavy atom. The van der Waals surface area contributed by atoms with E-state index in [-0.39, 0.29) is 23.9 Å². The average Bonchev–Trinajstić information content (AvgIpc) is 2.85. The molecule has 1 aromatic rings. The van der Waals surface area contributed by atoms with E-state index in [1.807, 2.05) is 4.90 Å². The normalized spacial score (nSPS) is 20.9. The lowest BCUT2D eigenvalue weighted by Crippen LogP contribution is -2.50. The van der Waals surface area contributed by atoms with Gasteiger partial charge >= 0.3 is 0 Å². The van der Waals surface area contributed by atoms with Gasteiger partial charge in [0.25, 0.3) is 5.91 Å². The topological polar surface area (TPSA) is 87.5 Å². The molecule has 4 N–H and O–H groups in total. The van der Waals surface area contributed by atoms with Crippen LogP contribution in [0.5, 0.6) is 0 Å². The molecule has 0 bridgehead atoms. The van der Waals surface area contributed by atoms with Gasteiger partial charge in [-0.2, -0.15) is 0 Å². The second-order valence-electron chi connectivity index (χ2n) is 8.32. The first kappa shape index (κ1) is 24.9. The van der Waals surface area contributed by atoms with Crippen LogP contribution in [0.4, 0.5) is 0 Å². The quantitative estimate of drug-likeness (QED) is 0.531. The standard InChI is InChI=1S/C22H34Cl2N4O2/c1-4-15(14(2)3)13-28-10-8-17(27-20(7-9-25)22(28)30)12-26-21(29)16-5-6-18(23)19(24)11-16/h5-6,11,14-15,17,20,27H,4,7-10,12-13,25H2,1-3H3,(H,26,29)/t15-,17-,20-/m0/s1. The Labute approximate surface area is 189 Å². The highest BCUT2D eigenvalue weighted by molar-refractivity contribution is 6.42. The molecule has 8 heteroatoms.